The summed E-state index contributed by atoms with van der Waals surface area (Å²) in [5.41, 5.74) is -4.70. The number of halogens is 6. The number of nitrogens with zero attached hydrogens (tertiary/aromatic N) is 2. The van der Waals surface area contributed by atoms with Gasteiger partial charge in [-0.1, -0.05) is 12.1 Å². The summed E-state index contributed by atoms with van der Waals surface area (Å²) in [6.45, 7) is -0.422. The first-order valence-electron chi connectivity index (χ1n) is 8.31. The summed E-state index contributed by atoms with van der Waals surface area (Å²) in [5, 5.41) is 10.4. The van der Waals surface area contributed by atoms with Gasteiger partial charge in [-0.2, -0.15) is 26.3 Å². The Morgan fingerprint density at radius 1 is 1.07 bits per heavy atom. The number of aliphatic hydroxyl groups is 1. The summed E-state index contributed by atoms with van der Waals surface area (Å²) in [6, 6.07) is 5.88. The first-order valence-corrected chi connectivity index (χ1v) is 8.31. The Morgan fingerprint density at radius 2 is 1.80 bits per heavy atom. The van der Waals surface area contributed by atoms with E-state index in [9.17, 15) is 36.2 Å². The minimum Gasteiger partial charge on any atom is -0.484 e. The molecule has 30 heavy (non-hydrogen) atoms. The number of aromatic nitrogens is 2. The summed E-state index contributed by atoms with van der Waals surface area (Å²) in [6.07, 6.45) is -10.3. The van der Waals surface area contributed by atoms with Gasteiger partial charge in [0.25, 0.3) is 0 Å². The highest BCUT2D eigenvalue weighted by molar-refractivity contribution is 5.86. The number of rotatable bonds is 5. The third-order valence-corrected chi connectivity index (χ3v) is 4.13. The zero-order valence-corrected chi connectivity index (χ0v) is 14.8. The van der Waals surface area contributed by atoms with E-state index in [0.717, 1.165) is 12.1 Å². The Kier molecular flexibility index (Phi) is 5.66. The topological polar surface area (TPSA) is 72.3 Å². The highest BCUT2D eigenvalue weighted by Crippen LogP contribution is 2.40. The first-order chi connectivity index (χ1) is 14.0. The molecule has 3 aromatic rings. The fraction of sp³-hybridized carbons (Fsp3) is 0.211. The Balaban J connectivity index is 2.29. The molecule has 2 aromatic heterocycles. The van der Waals surface area contributed by atoms with Gasteiger partial charge in [0.05, 0.1) is 11.1 Å². The van der Waals surface area contributed by atoms with E-state index in [1.165, 1.54) is 18.3 Å². The Morgan fingerprint density at radius 3 is 2.43 bits per heavy atom. The van der Waals surface area contributed by atoms with E-state index in [-0.39, 0.29) is 16.8 Å². The van der Waals surface area contributed by atoms with Crippen LogP contribution in [0.5, 0.6) is 5.75 Å². The van der Waals surface area contributed by atoms with E-state index in [1.807, 2.05) is 0 Å². The Bertz CT molecular complexity index is 1080. The van der Waals surface area contributed by atoms with Crippen molar-refractivity contribution in [3.8, 4) is 5.75 Å². The molecule has 5 nitrogen and oxygen atoms in total. The average molecular weight is 430 g/mol. The third kappa shape index (κ3) is 4.20. The van der Waals surface area contributed by atoms with Crippen LogP contribution in [0, 0.1) is 0 Å². The summed E-state index contributed by atoms with van der Waals surface area (Å²) in [4.78, 5) is 17.6. The SMILES string of the molecule is O=CCOc1cccnc1C(O)c1cc(C(F)(F)F)nc2c(C(F)(F)F)cccc12. The molecule has 1 atom stereocenters. The summed E-state index contributed by atoms with van der Waals surface area (Å²) < 4.78 is 85.2. The zero-order valence-electron chi connectivity index (χ0n) is 14.8. The van der Waals surface area contributed by atoms with Gasteiger partial charge in [0.1, 0.15) is 29.8 Å². The molecule has 11 heteroatoms. The lowest BCUT2D eigenvalue weighted by atomic mass is 9.97. The van der Waals surface area contributed by atoms with Crippen LogP contribution in [0.2, 0.25) is 0 Å². The maximum atomic E-state index is 13.4. The zero-order chi connectivity index (χ0) is 22.1. The number of benzene rings is 1. The van der Waals surface area contributed by atoms with E-state index in [0.29, 0.717) is 18.4 Å². The second-order valence-corrected chi connectivity index (χ2v) is 6.06. The fourth-order valence-corrected chi connectivity index (χ4v) is 2.88. The van der Waals surface area contributed by atoms with Crippen molar-refractivity contribution in [2.45, 2.75) is 18.5 Å². The van der Waals surface area contributed by atoms with Crippen molar-refractivity contribution in [3.05, 3.63) is 65.1 Å². The number of ether oxygens (including phenoxy) is 1. The molecular weight excluding hydrogens is 418 g/mol. The normalized spacial score (nSPS) is 13.3. The number of alkyl halides is 6. The molecule has 2 heterocycles. The molecule has 0 bridgehead atoms. The van der Waals surface area contributed by atoms with Gasteiger partial charge in [0.15, 0.2) is 6.29 Å². The van der Waals surface area contributed by atoms with E-state index in [2.05, 4.69) is 9.97 Å². The summed E-state index contributed by atoms with van der Waals surface area (Å²) >= 11 is 0. The van der Waals surface area contributed by atoms with Gasteiger partial charge in [0, 0.05) is 11.6 Å². The molecule has 0 aliphatic rings. The molecule has 1 aromatic carbocycles. The van der Waals surface area contributed by atoms with Gasteiger partial charge in [-0.3, -0.25) is 9.78 Å². The number of carbonyl (C=O) groups excluding carboxylic acids is 1. The largest absolute Gasteiger partial charge is 0.484 e. The van der Waals surface area contributed by atoms with Crippen LogP contribution in [0.4, 0.5) is 26.3 Å². The lowest BCUT2D eigenvalue weighted by molar-refractivity contribution is -0.142. The molecule has 0 spiro atoms. The van der Waals surface area contributed by atoms with Crippen LogP contribution >= 0.6 is 0 Å². The Hall–Kier alpha value is -3.21. The predicted molar refractivity (Wildman–Crippen MR) is 91.6 cm³/mol. The highest BCUT2D eigenvalue weighted by atomic mass is 19.4. The predicted octanol–water partition coefficient (Wildman–Crippen LogP) is 4.33. The number of hydrogen-bond acceptors (Lipinski definition) is 5. The maximum absolute atomic E-state index is 13.4. The van der Waals surface area contributed by atoms with Crippen molar-refractivity contribution in [2.75, 3.05) is 6.61 Å². The smallest absolute Gasteiger partial charge is 0.433 e. The van der Waals surface area contributed by atoms with E-state index < -0.39 is 47.4 Å². The molecule has 3 rings (SSSR count). The minimum absolute atomic E-state index is 0.109. The van der Waals surface area contributed by atoms with Crippen molar-refractivity contribution < 1.29 is 41.0 Å². The van der Waals surface area contributed by atoms with Crippen molar-refractivity contribution >= 4 is 17.2 Å². The molecule has 0 aliphatic heterocycles. The van der Waals surface area contributed by atoms with Gasteiger partial charge in [-0.25, -0.2) is 4.98 Å². The molecule has 0 fully saturated rings. The first kappa shape index (κ1) is 21.5. The van der Waals surface area contributed by atoms with Gasteiger partial charge >= 0.3 is 12.4 Å². The van der Waals surface area contributed by atoms with E-state index in [4.69, 9.17) is 4.74 Å². The van der Waals surface area contributed by atoms with Crippen molar-refractivity contribution in [2.24, 2.45) is 0 Å². The molecule has 158 valence electrons. The quantitative estimate of drug-likeness (QED) is 0.482. The lowest BCUT2D eigenvalue weighted by Gasteiger charge is -2.19. The van der Waals surface area contributed by atoms with E-state index in [1.54, 1.807) is 0 Å². The molecule has 0 saturated carbocycles. The van der Waals surface area contributed by atoms with Crippen LogP contribution in [-0.2, 0) is 17.1 Å². The maximum Gasteiger partial charge on any atom is 0.433 e. The highest BCUT2D eigenvalue weighted by Gasteiger charge is 2.38. The molecular formula is C19H12F6N2O3. The van der Waals surface area contributed by atoms with Gasteiger partial charge in [-0.05, 0) is 29.8 Å². The van der Waals surface area contributed by atoms with Crippen LogP contribution < -0.4 is 4.74 Å². The second-order valence-electron chi connectivity index (χ2n) is 6.06. The number of carbonyl (C=O) groups is 1. The van der Waals surface area contributed by atoms with E-state index >= 15 is 0 Å². The Labute approximate surface area is 164 Å². The molecule has 0 radical (unpaired) electrons. The number of aldehydes is 1. The van der Waals surface area contributed by atoms with Crippen molar-refractivity contribution in [3.63, 3.8) is 0 Å². The second kappa shape index (κ2) is 7.90. The summed E-state index contributed by atoms with van der Waals surface area (Å²) in [5.74, 6) is -0.109. The number of aliphatic hydroxyl groups excluding tert-OH is 1. The number of para-hydroxylation sites is 1. The molecule has 0 aliphatic carbocycles. The molecule has 0 amide bonds. The molecule has 1 N–H and O–H groups in total. The van der Waals surface area contributed by atoms with Crippen LogP contribution in [-0.4, -0.2) is 28.0 Å². The van der Waals surface area contributed by atoms with Crippen LogP contribution in [0.25, 0.3) is 10.9 Å². The van der Waals surface area contributed by atoms with Crippen LogP contribution in [0.1, 0.15) is 28.6 Å². The van der Waals surface area contributed by atoms with Crippen LogP contribution in [0.15, 0.2) is 42.6 Å². The number of hydrogen-bond donors (Lipinski definition) is 1. The minimum atomic E-state index is -5.07. The van der Waals surface area contributed by atoms with Crippen LogP contribution in [0.3, 0.4) is 0 Å². The summed E-state index contributed by atoms with van der Waals surface area (Å²) in [7, 11) is 0. The monoisotopic (exact) mass is 430 g/mol. The van der Waals surface area contributed by atoms with Crippen molar-refractivity contribution in [1.82, 2.24) is 9.97 Å². The van der Waals surface area contributed by atoms with Crippen molar-refractivity contribution in [1.29, 1.82) is 0 Å². The number of fused-ring (bicyclic) bond motifs is 1. The molecule has 0 saturated heterocycles. The van der Waals surface area contributed by atoms with Gasteiger partial charge < -0.3 is 9.84 Å². The standard InChI is InChI=1S/C19H12F6N2O3/c20-18(21,22)12-4-1-3-10-11(9-14(19(23,24)25)27-15(10)12)17(29)16-13(30-8-7-28)5-2-6-26-16/h1-7,9,17,29H,8H2. The lowest BCUT2D eigenvalue weighted by Crippen LogP contribution is -2.15. The van der Waals surface area contributed by atoms with Gasteiger partial charge in [-0.15, -0.1) is 0 Å². The third-order valence-electron chi connectivity index (χ3n) is 4.13. The average Bonchev–Trinajstić information content (AvgIpc) is 2.69. The van der Waals surface area contributed by atoms with Gasteiger partial charge in [0.2, 0.25) is 0 Å². The molecule has 1 unspecified atom stereocenters. The fourth-order valence-electron chi connectivity index (χ4n) is 2.88. The number of pyridine rings is 2.